The molecule has 0 saturated carbocycles. The molecule has 1 aliphatic rings. The molecule has 3 heterocycles. The molecule has 0 aliphatic carbocycles. The first-order chi connectivity index (χ1) is 11.5. The smallest absolute Gasteiger partial charge is 0.370 e. The molecule has 9 heteroatoms. The molecule has 0 radical (unpaired) electrons. The molecule has 2 aromatic heterocycles. The summed E-state index contributed by atoms with van der Waals surface area (Å²) in [6, 6.07) is 7.97. The van der Waals surface area contributed by atoms with E-state index in [0.717, 1.165) is 34.6 Å². The maximum atomic E-state index is 11.2. The number of thioether (sulfide) groups is 1. The van der Waals surface area contributed by atoms with Crippen LogP contribution in [0.4, 0.5) is 5.69 Å². The van der Waals surface area contributed by atoms with Gasteiger partial charge in [0.25, 0.3) is 9.84 Å². The maximum Gasteiger partial charge on any atom is 0.370 e. The zero-order valence-electron chi connectivity index (χ0n) is 11.9. The van der Waals surface area contributed by atoms with E-state index in [9.17, 15) is 9.90 Å². The predicted octanol–water partition coefficient (Wildman–Crippen LogP) is 5.27. The van der Waals surface area contributed by atoms with Crippen LogP contribution >= 0.6 is 62.0 Å². The number of nitrogens with one attached hydrogen (secondary N) is 1. The summed E-state index contributed by atoms with van der Waals surface area (Å²) in [6.07, 6.45) is 1.99. The normalized spacial score (nSPS) is 15.0. The van der Waals surface area contributed by atoms with Crippen LogP contribution < -0.4 is 9.88 Å². The van der Waals surface area contributed by atoms with Crippen molar-refractivity contribution in [2.24, 2.45) is 0 Å². The maximum absolute atomic E-state index is 11.2. The number of anilines is 1. The van der Waals surface area contributed by atoms with E-state index in [2.05, 4.69) is 27.3 Å². The van der Waals surface area contributed by atoms with Crippen molar-refractivity contribution in [3.63, 3.8) is 0 Å². The average molecular weight is 461 g/mol. The van der Waals surface area contributed by atoms with Gasteiger partial charge in [-0.05, 0) is 24.3 Å². The van der Waals surface area contributed by atoms with Gasteiger partial charge in [-0.2, -0.15) is 4.57 Å². The lowest BCUT2D eigenvalue weighted by Crippen LogP contribution is -2.38. The van der Waals surface area contributed by atoms with Gasteiger partial charge in [0.05, 0.1) is 16.8 Å². The second kappa shape index (κ2) is 6.34. The van der Waals surface area contributed by atoms with Crippen molar-refractivity contribution in [3.8, 4) is 0 Å². The van der Waals surface area contributed by atoms with Crippen molar-refractivity contribution in [1.82, 2.24) is 0 Å². The van der Waals surface area contributed by atoms with E-state index in [4.69, 9.17) is 11.6 Å². The van der Waals surface area contributed by atoms with E-state index in [1.165, 1.54) is 11.3 Å². The summed E-state index contributed by atoms with van der Waals surface area (Å²) in [4.78, 5) is 13.3. The van der Waals surface area contributed by atoms with Crippen LogP contribution in [0.3, 0.4) is 0 Å². The zero-order chi connectivity index (χ0) is 16.8. The fraction of sp³-hybridized carbons (Fsp3) is 0.0667. The summed E-state index contributed by atoms with van der Waals surface area (Å²) in [5.74, 6) is -0.872. The number of aromatic nitrogens is 1. The van der Waals surface area contributed by atoms with Gasteiger partial charge in [-0.1, -0.05) is 62.0 Å². The number of nitrogens with zero attached hydrogens (tertiary/aromatic N) is 1. The number of hydrogen-bond acceptors (Lipinski definition) is 5. The summed E-state index contributed by atoms with van der Waals surface area (Å²) >= 11 is 14.1. The molecule has 0 saturated heterocycles. The number of carboxylic acid groups (broad SMARTS) is 1. The molecular formula is C15H9BrClN2O2S3+. The molecule has 4 rings (SSSR count). The van der Waals surface area contributed by atoms with E-state index in [1.54, 1.807) is 27.7 Å². The Hall–Kier alpha value is -1.06. The highest BCUT2D eigenvalue weighted by atomic mass is 79.9. The molecule has 122 valence electrons. The standard InChI is InChI=1S/C15H8BrClN2O2S3/c16-7-1-2-9-8(3-7)18-12(22-9)5-13-19(6-14(20)21)15-10(23-13)4-11(17)24-15/h1-5H,6H2,(H,20,21)/p+1. The van der Waals surface area contributed by atoms with Crippen LogP contribution in [-0.2, 0) is 11.3 Å². The lowest BCUT2D eigenvalue weighted by atomic mass is 10.3. The summed E-state index contributed by atoms with van der Waals surface area (Å²) in [7, 11) is 0. The number of halogens is 2. The van der Waals surface area contributed by atoms with Crippen LogP contribution in [-0.4, -0.2) is 11.1 Å². The minimum absolute atomic E-state index is 0.0842. The number of carboxylic acids is 1. The highest BCUT2D eigenvalue weighted by Crippen LogP contribution is 2.43. The number of carbonyl (C=O) groups is 1. The SMILES string of the molecule is O=C(O)C[n+]1c(/C=C2/Nc3cc(Br)ccc3S2)sc2cc(Cl)sc21. The Morgan fingerprint density at radius 3 is 3.00 bits per heavy atom. The van der Waals surface area contributed by atoms with Crippen molar-refractivity contribution >= 4 is 89.2 Å². The molecule has 0 unspecified atom stereocenters. The second-order valence-corrected chi connectivity index (χ2v) is 9.74. The van der Waals surface area contributed by atoms with Gasteiger partial charge in [-0.25, -0.2) is 4.79 Å². The van der Waals surface area contributed by atoms with Crippen molar-refractivity contribution < 1.29 is 14.5 Å². The quantitative estimate of drug-likeness (QED) is 0.523. The average Bonchev–Trinajstić information content (AvgIpc) is 3.13. The second-order valence-electron chi connectivity index (χ2n) is 5.02. The number of thiazole rings is 1. The van der Waals surface area contributed by atoms with Gasteiger partial charge in [0, 0.05) is 9.37 Å². The first kappa shape index (κ1) is 16.4. The number of rotatable bonds is 3. The van der Waals surface area contributed by atoms with Gasteiger partial charge >= 0.3 is 5.97 Å². The Balaban J connectivity index is 1.74. The van der Waals surface area contributed by atoms with Crippen LogP contribution in [0.15, 0.2) is 38.7 Å². The van der Waals surface area contributed by atoms with Gasteiger partial charge in [0.1, 0.15) is 9.04 Å². The third-order valence-electron chi connectivity index (χ3n) is 3.34. The first-order valence-corrected chi connectivity index (χ1v) is 10.4. The lowest BCUT2D eigenvalue weighted by molar-refractivity contribution is -0.655. The van der Waals surface area contributed by atoms with Crippen molar-refractivity contribution in [2.45, 2.75) is 11.4 Å². The summed E-state index contributed by atoms with van der Waals surface area (Å²) in [6.45, 7) is -0.0842. The van der Waals surface area contributed by atoms with Gasteiger partial charge in [-0.15, -0.1) is 0 Å². The molecule has 1 aromatic carbocycles. The molecule has 2 N–H and O–H groups in total. The van der Waals surface area contributed by atoms with Gasteiger partial charge in [0.2, 0.25) is 6.54 Å². The van der Waals surface area contributed by atoms with Crippen molar-refractivity contribution in [1.29, 1.82) is 0 Å². The van der Waals surface area contributed by atoms with Crippen LogP contribution in [0, 0.1) is 0 Å². The lowest BCUT2D eigenvalue weighted by Gasteiger charge is -1.98. The number of fused-ring (bicyclic) bond motifs is 2. The molecule has 3 aromatic rings. The van der Waals surface area contributed by atoms with Crippen molar-refractivity contribution in [2.75, 3.05) is 5.32 Å². The summed E-state index contributed by atoms with van der Waals surface area (Å²) < 4.78 is 4.48. The zero-order valence-corrected chi connectivity index (χ0v) is 16.7. The van der Waals surface area contributed by atoms with E-state index >= 15 is 0 Å². The van der Waals surface area contributed by atoms with Gasteiger partial charge < -0.3 is 10.4 Å². The third kappa shape index (κ3) is 3.09. The van der Waals surface area contributed by atoms with Crippen LogP contribution in [0.25, 0.3) is 15.6 Å². The largest absolute Gasteiger partial charge is 0.477 e. The Bertz CT molecular complexity index is 1010. The molecule has 0 amide bonds. The minimum Gasteiger partial charge on any atom is -0.477 e. The van der Waals surface area contributed by atoms with Gasteiger partial charge in [-0.3, -0.25) is 0 Å². The van der Waals surface area contributed by atoms with Gasteiger partial charge in [0.15, 0.2) is 0 Å². The molecule has 1 aliphatic heterocycles. The highest BCUT2D eigenvalue weighted by Gasteiger charge is 2.26. The molecule has 24 heavy (non-hydrogen) atoms. The first-order valence-electron chi connectivity index (χ1n) is 6.79. The fourth-order valence-electron chi connectivity index (χ4n) is 2.40. The summed E-state index contributed by atoms with van der Waals surface area (Å²) in [5.41, 5.74) is 1.05. The highest BCUT2D eigenvalue weighted by molar-refractivity contribution is 9.10. The molecular weight excluding hydrogens is 452 g/mol. The predicted molar refractivity (Wildman–Crippen MR) is 104 cm³/mol. The Labute approximate surface area is 162 Å². The molecule has 0 atom stereocenters. The Morgan fingerprint density at radius 1 is 1.38 bits per heavy atom. The fourth-order valence-corrected chi connectivity index (χ4v) is 6.37. The van der Waals surface area contributed by atoms with E-state index in [0.29, 0.717) is 4.34 Å². The third-order valence-corrected chi connectivity index (χ3v) is 7.35. The minimum atomic E-state index is -0.872. The number of hydrogen-bond donors (Lipinski definition) is 2. The van der Waals surface area contributed by atoms with E-state index in [-0.39, 0.29) is 6.54 Å². The van der Waals surface area contributed by atoms with Crippen LogP contribution in [0.2, 0.25) is 4.34 Å². The number of thiophene rings is 1. The van der Waals surface area contributed by atoms with E-state index in [1.807, 2.05) is 24.3 Å². The number of aliphatic carboxylic acids is 1. The van der Waals surface area contributed by atoms with Crippen LogP contribution in [0.5, 0.6) is 0 Å². The number of benzene rings is 1. The molecule has 0 fully saturated rings. The topological polar surface area (TPSA) is 53.2 Å². The Morgan fingerprint density at radius 2 is 2.21 bits per heavy atom. The molecule has 0 spiro atoms. The molecule has 0 bridgehead atoms. The van der Waals surface area contributed by atoms with Crippen LogP contribution in [0.1, 0.15) is 5.01 Å². The van der Waals surface area contributed by atoms with Crippen molar-refractivity contribution in [3.05, 3.63) is 43.1 Å². The summed E-state index contributed by atoms with van der Waals surface area (Å²) in [5, 5.41) is 14.4. The Kier molecular flexibility index (Phi) is 4.34. The monoisotopic (exact) mass is 459 g/mol. The molecule has 4 nitrogen and oxygen atoms in total. The van der Waals surface area contributed by atoms with E-state index < -0.39 is 5.97 Å².